The molecule has 1 aliphatic heterocycles. The van der Waals surface area contributed by atoms with E-state index in [0.717, 1.165) is 22.3 Å². The second-order valence-electron chi connectivity index (χ2n) is 6.69. The molecule has 2 aromatic carbocycles. The number of rotatable bonds is 3. The number of H-pyrrole nitrogens is 1. The van der Waals surface area contributed by atoms with Crippen molar-refractivity contribution in [2.75, 3.05) is 19.0 Å². The van der Waals surface area contributed by atoms with Crippen molar-refractivity contribution in [1.82, 2.24) is 9.88 Å². The molecule has 8 heteroatoms. The summed E-state index contributed by atoms with van der Waals surface area (Å²) in [4.78, 5) is 17.5. The van der Waals surface area contributed by atoms with E-state index in [4.69, 9.17) is 11.6 Å². The Morgan fingerprint density at radius 2 is 1.89 bits per heavy atom. The van der Waals surface area contributed by atoms with Gasteiger partial charge in [-0.25, -0.2) is 0 Å². The first-order valence-electron chi connectivity index (χ1n) is 8.52. The maximum absolute atomic E-state index is 11.1. The van der Waals surface area contributed by atoms with Crippen molar-refractivity contribution in [3.05, 3.63) is 69.9 Å². The lowest BCUT2D eigenvalue weighted by Gasteiger charge is -2.46. The number of halogens is 1. The first-order chi connectivity index (χ1) is 13.4. The summed E-state index contributed by atoms with van der Waals surface area (Å²) in [7, 11) is 3.58. The second-order valence-corrected chi connectivity index (χ2v) is 7.22. The van der Waals surface area contributed by atoms with Gasteiger partial charge in [0.15, 0.2) is 0 Å². The predicted molar refractivity (Wildman–Crippen MR) is 109 cm³/mol. The van der Waals surface area contributed by atoms with Gasteiger partial charge in [-0.15, -0.1) is 0 Å². The molecule has 0 radical (unpaired) electrons. The summed E-state index contributed by atoms with van der Waals surface area (Å²) in [5.74, 6) is 0. The van der Waals surface area contributed by atoms with Crippen LogP contribution in [-0.4, -0.2) is 34.0 Å². The van der Waals surface area contributed by atoms with Crippen LogP contribution >= 0.6 is 11.6 Å². The largest absolute Gasteiger partial charge is 0.353 e. The van der Waals surface area contributed by atoms with Crippen LogP contribution in [0, 0.1) is 21.4 Å². The minimum Gasteiger partial charge on any atom is -0.353 e. The minimum absolute atomic E-state index is 0.0130. The van der Waals surface area contributed by atoms with Crippen molar-refractivity contribution in [2.45, 2.75) is 5.12 Å². The third-order valence-electron chi connectivity index (χ3n) is 4.89. The number of nitro groups is 1. The highest BCUT2D eigenvalue weighted by atomic mass is 35.5. The number of nitriles is 1. The quantitative estimate of drug-likeness (QED) is 0.304. The van der Waals surface area contributed by atoms with Crippen molar-refractivity contribution in [3.63, 3.8) is 0 Å². The Balaban J connectivity index is 2.04. The number of anilines is 2. The van der Waals surface area contributed by atoms with E-state index in [0.29, 0.717) is 11.3 Å². The van der Waals surface area contributed by atoms with Gasteiger partial charge in [-0.2, -0.15) is 5.26 Å². The van der Waals surface area contributed by atoms with Gasteiger partial charge in [-0.1, -0.05) is 29.8 Å². The number of alkyl halides is 1. The van der Waals surface area contributed by atoms with E-state index in [-0.39, 0.29) is 5.69 Å². The maximum Gasteiger partial charge on any atom is 0.269 e. The first-order valence-corrected chi connectivity index (χ1v) is 8.89. The van der Waals surface area contributed by atoms with Gasteiger partial charge in [0.25, 0.3) is 5.69 Å². The summed E-state index contributed by atoms with van der Waals surface area (Å²) in [6.45, 7) is 0. The number of hydrogen-bond acceptors (Lipinski definition) is 5. The average Bonchev–Trinajstić information content (AvgIpc) is 3.05. The maximum atomic E-state index is 11.1. The molecule has 0 saturated carbocycles. The molecule has 1 aliphatic rings. The smallest absolute Gasteiger partial charge is 0.269 e. The number of hydrogen-bond donors (Lipinski definition) is 1. The Kier molecular flexibility index (Phi) is 4.11. The molecule has 1 unspecified atom stereocenters. The number of nitrogens with one attached hydrogen (secondary N) is 1. The third kappa shape index (κ3) is 2.47. The molecule has 0 fully saturated rings. The van der Waals surface area contributed by atoms with Crippen molar-refractivity contribution in [2.24, 2.45) is 0 Å². The lowest BCUT2D eigenvalue weighted by Crippen LogP contribution is -2.54. The van der Waals surface area contributed by atoms with Crippen molar-refractivity contribution >= 4 is 45.6 Å². The fourth-order valence-electron chi connectivity index (χ4n) is 3.57. The summed E-state index contributed by atoms with van der Waals surface area (Å²) < 4.78 is 0. The number of para-hydroxylation sites is 1. The van der Waals surface area contributed by atoms with Crippen LogP contribution in [-0.2, 0) is 0 Å². The number of aromatic nitrogens is 1. The van der Waals surface area contributed by atoms with Crippen LogP contribution in [0.3, 0.4) is 0 Å². The number of likely N-dealkylation sites (N-methyl/N-ethyl adjacent to an activating group) is 1. The highest BCUT2D eigenvalue weighted by Gasteiger charge is 2.47. The topological polar surface area (TPSA) is 89.2 Å². The Bertz CT molecular complexity index is 1160. The molecule has 1 atom stereocenters. The van der Waals surface area contributed by atoms with Crippen LogP contribution in [0.4, 0.5) is 17.1 Å². The zero-order chi connectivity index (χ0) is 20.1. The van der Waals surface area contributed by atoms with E-state index in [1.165, 1.54) is 12.1 Å². The molecule has 3 aromatic rings. The van der Waals surface area contributed by atoms with E-state index in [2.05, 4.69) is 11.1 Å². The second kappa shape index (κ2) is 6.37. The van der Waals surface area contributed by atoms with Gasteiger partial charge in [0, 0.05) is 28.7 Å². The number of nitro benzene ring substituents is 1. The number of fused-ring (bicyclic) bond motifs is 3. The zero-order valence-electron chi connectivity index (χ0n) is 15.2. The van der Waals surface area contributed by atoms with Gasteiger partial charge < -0.3 is 9.88 Å². The fourth-order valence-corrected chi connectivity index (χ4v) is 3.84. The molecule has 7 nitrogen and oxygen atoms in total. The third-order valence-corrected chi connectivity index (χ3v) is 5.60. The first kappa shape index (κ1) is 18.0. The van der Waals surface area contributed by atoms with E-state index in [1.54, 1.807) is 37.2 Å². The van der Waals surface area contributed by atoms with Gasteiger partial charge in [0.1, 0.15) is 6.07 Å². The molecular formula is C20H16ClN5O2. The van der Waals surface area contributed by atoms with E-state index >= 15 is 0 Å². The monoisotopic (exact) mass is 393 g/mol. The van der Waals surface area contributed by atoms with E-state index in [9.17, 15) is 15.4 Å². The normalized spacial score (nSPS) is 18.7. The molecule has 4 rings (SSSR count). The standard InChI is InChI=1S/C20H16ClN5O2/c1-24(2)20(21)13(12-22)11-18-19(16-5-3-4-6-17(16)23-18)25(20)14-7-9-15(10-8-14)26(27)28/h3-11,23H,1-2H3. The number of nitrogens with zero attached hydrogens (tertiary/aromatic N) is 4. The number of aromatic amines is 1. The van der Waals surface area contributed by atoms with E-state index < -0.39 is 10.0 Å². The summed E-state index contributed by atoms with van der Waals surface area (Å²) in [6.07, 6.45) is 1.75. The Labute approximate surface area is 166 Å². The lowest BCUT2D eigenvalue weighted by molar-refractivity contribution is -0.384. The van der Waals surface area contributed by atoms with Crippen LogP contribution in [0.1, 0.15) is 5.69 Å². The number of benzene rings is 2. The molecular weight excluding hydrogens is 378 g/mol. The molecule has 0 saturated heterocycles. The van der Waals surface area contributed by atoms with Crippen molar-refractivity contribution in [1.29, 1.82) is 5.26 Å². The van der Waals surface area contributed by atoms with Crippen LogP contribution in [0.2, 0.25) is 0 Å². The van der Waals surface area contributed by atoms with E-state index in [1.807, 2.05) is 29.2 Å². The molecule has 1 N–H and O–H groups in total. The minimum atomic E-state index is -1.29. The molecule has 0 bridgehead atoms. The van der Waals surface area contributed by atoms with Crippen LogP contribution < -0.4 is 4.90 Å². The van der Waals surface area contributed by atoms with Crippen molar-refractivity contribution < 1.29 is 4.92 Å². The summed E-state index contributed by atoms with van der Waals surface area (Å²) in [5.41, 5.74) is 3.45. The Hall–Kier alpha value is -3.34. The highest BCUT2D eigenvalue weighted by Crippen LogP contribution is 2.50. The predicted octanol–water partition coefficient (Wildman–Crippen LogP) is 4.59. The molecule has 140 valence electrons. The summed E-state index contributed by atoms with van der Waals surface area (Å²) >= 11 is 7.08. The van der Waals surface area contributed by atoms with Gasteiger partial charge in [-0.3, -0.25) is 15.0 Å². The molecule has 28 heavy (non-hydrogen) atoms. The molecule has 0 amide bonds. The van der Waals surface area contributed by atoms with Crippen LogP contribution in [0.5, 0.6) is 0 Å². The molecule has 0 aliphatic carbocycles. The van der Waals surface area contributed by atoms with Gasteiger partial charge in [-0.05, 0) is 38.4 Å². The zero-order valence-corrected chi connectivity index (χ0v) is 15.9. The highest BCUT2D eigenvalue weighted by molar-refractivity contribution is 6.30. The molecule has 1 aromatic heterocycles. The summed E-state index contributed by atoms with van der Waals surface area (Å²) in [6, 6.07) is 16.1. The van der Waals surface area contributed by atoms with Crippen LogP contribution in [0.15, 0.2) is 54.1 Å². The van der Waals surface area contributed by atoms with Gasteiger partial charge in [0.05, 0.1) is 21.9 Å². The Morgan fingerprint density at radius 1 is 1.21 bits per heavy atom. The Morgan fingerprint density at radius 3 is 2.50 bits per heavy atom. The fraction of sp³-hybridized carbons (Fsp3) is 0.150. The molecule has 2 heterocycles. The lowest BCUT2D eigenvalue weighted by atomic mass is 10.0. The van der Waals surface area contributed by atoms with Crippen molar-refractivity contribution in [3.8, 4) is 6.07 Å². The number of non-ortho nitro benzene ring substituents is 1. The molecule has 0 spiro atoms. The van der Waals surface area contributed by atoms with Crippen LogP contribution in [0.25, 0.3) is 17.0 Å². The average molecular weight is 394 g/mol. The van der Waals surface area contributed by atoms with Gasteiger partial charge in [0.2, 0.25) is 5.12 Å². The SMILES string of the molecule is CN(C)C1(Cl)C(C#N)=Cc2[nH]c3ccccc3c2N1c1ccc([N+](=O)[O-])cc1. The van der Waals surface area contributed by atoms with Gasteiger partial charge >= 0.3 is 0 Å². The summed E-state index contributed by atoms with van der Waals surface area (Å²) in [5, 5.41) is 20.5.